The number of nitrogens with zero attached hydrogens (tertiary/aromatic N) is 2. The predicted molar refractivity (Wildman–Crippen MR) is 83.7 cm³/mol. The molecule has 3 rings (SSSR count). The first-order valence-corrected chi connectivity index (χ1v) is 6.83. The van der Waals surface area contributed by atoms with Crippen LogP contribution in [-0.4, -0.2) is 15.9 Å². The molecule has 8 heteroatoms. The van der Waals surface area contributed by atoms with E-state index in [-0.39, 0.29) is 28.2 Å². The molecule has 0 unspecified atom stereocenters. The number of benzene rings is 2. The Morgan fingerprint density at radius 2 is 2.00 bits per heavy atom. The molecule has 1 aromatic heterocycles. The van der Waals surface area contributed by atoms with E-state index in [2.05, 4.69) is 4.98 Å². The summed E-state index contributed by atoms with van der Waals surface area (Å²) >= 11 is 0. The van der Waals surface area contributed by atoms with Gasteiger partial charge in [-0.15, -0.1) is 0 Å². The number of esters is 1. The van der Waals surface area contributed by atoms with Gasteiger partial charge in [-0.2, -0.15) is 0 Å². The summed E-state index contributed by atoms with van der Waals surface area (Å²) in [5, 5.41) is 10.8. The number of hydrogen-bond donors (Lipinski definition) is 0. The third-order valence-electron chi connectivity index (χ3n) is 3.19. The summed E-state index contributed by atoms with van der Waals surface area (Å²) in [5.41, 5.74) is -0.435. The maximum Gasteiger partial charge on any atom is 0.347 e. The van der Waals surface area contributed by atoms with Crippen molar-refractivity contribution >= 4 is 22.6 Å². The number of nitro benzene ring substituents is 1. The zero-order valence-electron chi connectivity index (χ0n) is 12.4. The van der Waals surface area contributed by atoms with Gasteiger partial charge in [0.1, 0.15) is 5.75 Å². The van der Waals surface area contributed by atoms with Crippen LogP contribution in [0.5, 0.6) is 5.75 Å². The Labute approximate surface area is 134 Å². The summed E-state index contributed by atoms with van der Waals surface area (Å²) in [6, 6.07) is 10.2. The molecule has 0 aliphatic heterocycles. The number of nitro groups is 1. The van der Waals surface area contributed by atoms with E-state index in [4.69, 9.17) is 9.15 Å². The fraction of sp³-hybridized carbons (Fsp3) is 0.0625. The Morgan fingerprint density at radius 1 is 1.25 bits per heavy atom. The number of carbonyl (C=O) groups excluding carboxylic acids is 1. The Balaban J connectivity index is 2.19. The molecule has 0 atom stereocenters. The van der Waals surface area contributed by atoms with Gasteiger partial charge in [0.25, 0.3) is 5.69 Å². The number of ether oxygens (including phenoxy) is 1. The molecule has 3 aromatic rings. The molecule has 24 heavy (non-hydrogen) atoms. The van der Waals surface area contributed by atoms with Crippen LogP contribution in [0, 0.1) is 10.1 Å². The Bertz CT molecular complexity index is 1020. The number of para-hydroxylation sites is 1. The van der Waals surface area contributed by atoms with Crippen LogP contribution in [-0.2, 0) is 4.79 Å². The molecule has 0 spiro atoms. The third-order valence-corrected chi connectivity index (χ3v) is 3.19. The van der Waals surface area contributed by atoms with E-state index in [0.717, 1.165) is 6.07 Å². The van der Waals surface area contributed by atoms with E-state index in [0.29, 0.717) is 5.56 Å². The molecular formula is C16H10N2O6. The van der Waals surface area contributed by atoms with Crippen LogP contribution in [0.2, 0.25) is 0 Å². The van der Waals surface area contributed by atoms with Crippen molar-refractivity contribution in [3.8, 4) is 17.2 Å². The molecular weight excluding hydrogens is 316 g/mol. The highest BCUT2D eigenvalue weighted by molar-refractivity contribution is 5.82. The van der Waals surface area contributed by atoms with Gasteiger partial charge in [0.2, 0.25) is 5.89 Å². The second kappa shape index (κ2) is 5.92. The summed E-state index contributed by atoms with van der Waals surface area (Å²) in [5.74, 6) is -0.374. The molecule has 0 amide bonds. The average Bonchev–Trinajstić information content (AvgIpc) is 2.54. The van der Waals surface area contributed by atoms with Gasteiger partial charge in [-0.3, -0.25) is 14.9 Å². The second-order valence-electron chi connectivity index (χ2n) is 4.85. The lowest BCUT2D eigenvalue weighted by molar-refractivity contribution is -0.384. The third kappa shape index (κ3) is 2.84. The van der Waals surface area contributed by atoms with Crippen LogP contribution in [0.25, 0.3) is 22.4 Å². The zero-order valence-corrected chi connectivity index (χ0v) is 12.4. The number of fused-ring (bicyclic) bond motifs is 1. The lowest BCUT2D eigenvalue weighted by atomic mass is 10.2. The molecule has 0 fully saturated rings. The first-order chi connectivity index (χ1) is 11.5. The summed E-state index contributed by atoms with van der Waals surface area (Å²) in [4.78, 5) is 37.7. The Morgan fingerprint density at radius 3 is 2.71 bits per heavy atom. The predicted octanol–water partition coefficient (Wildman–Crippen LogP) is 2.69. The van der Waals surface area contributed by atoms with Gasteiger partial charge in [0.15, 0.2) is 0 Å². The van der Waals surface area contributed by atoms with Crippen LogP contribution in [0.4, 0.5) is 5.69 Å². The van der Waals surface area contributed by atoms with Gasteiger partial charge in [-0.1, -0.05) is 12.1 Å². The van der Waals surface area contributed by atoms with Gasteiger partial charge in [0.05, 0.1) is 21.4 Å². The van der Waals surface area contributed by atoms with E-state index < -0.39 is 16.5 Å². The lowest BCUT2D eigenvalue weighted by Crippen LogP contribution is -2.06. The molecule has 0 saturated carbocycles. The average molecular weight is 326 g/mol. The van der Waals surface area contributed by atoms with E-state index in [1.54, 1.807) is 24.3 Å². The number of rotatable bonds is 3. The lowest BCUT2D eigenvalue weighted by Gasteiger charge is -2.07. The molecule has 120 valence electrons. The summed E-state index contributed by atoms with van der Waals surface area (Å²) < 4.78 is 10.2. The number of hydrogen-bond acceptors (Lipinski definition) is 7. The fourth-order valence-corrected chi connectivity index (χ4v) is 2.18. The van der Waals surface area contributed by atoms with Crippen molar-refractivity contribution in [2.24, 2.45) is 0 Å². The molecule has 0 N–H and O–H groups in total. The van der Waals surface area contributed by atoms with Gasteiger partial charge >= 0.3 is 11.6 Å². The van der Waals surface area contributed by atoms with Crippen LogP contribution in [0.3, 0.4) is 0 Å². The van der Waals surface area contributed by atoms with Crippen molar-refractivity contribution in [3.63, 3.8) is 0 Å². The molecule has 0 saturated heterocycles. The zero-order chi connectivity index (χ0) is 17.3. The van der Waals surface area contributed by atoms with Gasteiger partial charge in [-0.25, -0.2) is 9.78 Å². The van der Waals surface area contributed by atoms with E-state index in [1.165, 1.54) is 19.1 Å². The fourth-order valence-electron chi connectivity index (χ4n) is 2.18. The first-order valence-electron chi connectivity index (χ1n) is 6.83. The minimum Gasteiger partial charge on any atom is -0.426 e. The van der Waals surface area contributed by atoms with Crippen molar-refractivity contribution in [3.05, 3.63) is 63.0 Å². The molecule has 0 bridgehead atoms. The van der Waals surface area contributed by atoms with E-state index >= 15 is 0 Å². The number of carbonyl (C=O) groups is 1. The summed E-state index contributed by atoms with van der Waals surface area (Å²) in [6.07, 6.45) is 0. The Hall–Kier alpha value is -3.55. The molecule has 1 heterocycles. The smallest absolute Gasteiger partial charge is 0.347 e. The second-order valence-corrected chi connectivity index (χ2v) is 4.85. The maximum absolute atomic E-state index is 12.1. The molecule has 0 radical (unpaired) electrons. The van der Waals surface area contributed by atoms with Gasteiger partial charge in [0, 0.05) is 19.1 Å². The molecule has 8 nitrogen and oxygen atoms in total. The summed E-state index contributed by atoms with van der Waals surface area (Å²) in [6.45, 7) is 1.25. The standard InChI is InChI=1S/C16H10N2O6/c1-9(19)23-14-5-3-2-4-11(14)15-17-13-7-6-10(18(21)22)8-12(13)16(20)24-15/h2-8H,1H3. The molecule has 0 aliphatic carbocycles. The van der Waals surface area contributed by atoms with Crippen molar-refractivity contribution in [2.45, 2.75) is 6.92 Å². The minimum atomic E-state index is -0.767. The van der Waals surface area contributed by atoms with E-state index in [1.807, 2.05) is 0 Å². The normalized spacial score (nSPS) is 10.5. The molecule has 2 aromatic carbocycles. The van der Waals surface area contributed by atoms with Crippen LogP contribution in [0.15, 0.2) is 51.7 Å². The van der Waals surface area contributed by atoms with E-state index in [9.17, 15) is 19.7 Å². The van der Waals surface area contributed by atoms with Gasteiger partial charge in [-0.05, 0) is 18.2 Å². The topological polar surface area (TPSA) is 113 Å². The highest BCUT2D eigenvalue weighted by Gasteiger charge is 2.16. The van der Waals surface area contributed by atoms with Gasteiger partial charge < -0.3 is 9.15 Å². The monoisotopic (exact) mass is 326 g/mol. The maximum atomic E-state index is 12.1. The number of aromatic nitrogens is 1. The Kier molecular flexibility index (Phi) is 3.78. The van der Waals surface area contributed by atoms with Crippen molar-refractivity contribution in [1.82, 2.24) is 4.98 Å². The SMILES string of the molecule is CC(=O)Oc1ccccc1-c1nc2ccc([N+](=O)[O-])cc2c(=O)o1. The largest absolute Gasteiger partial charge is 0.426 e. The van der Waals surface area contributed by atoms with Crippen molar-refractivity contribution in [2.75, 3.05) is 0 Å². The highest BCUT2D eigenvalue weighted by Crippen LogP contribution is 2.29. The van der Waals surface area contributed by atoms with Crippen LogP contribution >= 0.6 is 0 Å². The summed E-state index contributed by atoms with van der Waals surface area (Å²) in [7, 11) is 0. The van der Waals surface area contributed by atoms with Crippen molar-refractivity contribution < 1.29 is 18.9 Å². The van der Waals surface area contributed by atoms with Crippen LogP contribution in [0.1, 0.15) is 6.92 Å². The quantitative estimate of drug-likeness (QED) is 0.315. The minimum absolute atomic E-state index is 0.00193. The first kappa shape index (κ1) is 15.3. The van der Waals surface area contributed by atoms with Crippen molar-refractivity contribution in [1.29, 1.82) is 0 Å². The van der Waals surface area contributed by atoms with Crippen LogP contribution < -0.4 is 10.4 Å². The highest BCUT2D eigenvalue weighted by atomic mass is 16.6. The number of non-ortho nitro benzene ring substituents is 1. The molecule has 0 aliphatic rings.